The lowest BCUT2D eigenvalue weighted by atomic mass is 10.1. The Morgan fingerprint density at radius 3 is 2.75 bits per heavy atom. The molecule has 0 saturated carbocycles. The van der Waals surface area contributed by atoms with E-state index in [1.165, 1.54) is 7.11 Å². The number of thiazole rings is 1. The lowest BCUT2D eigenvalue weighted by Gasteiger charge is -2.21. The van der Waals surface area contributed by atoms with Crippen molar-refractivity contribution in [1.29, 1.82) is 0 Å². The third-order valence-corrected chi connectivity index (χ3v) is 4.36. The van der Waals surface area contributed by atoms with Crippen LogP contribution in [0.5, 0.6) is 0 Å². The molecule has 1 aromatic heterocycles. The first-order chi connectivity index (χ1) is 11.6. The maximum absolute atomic E-state index is 11.0. The van der Waals surface area contributed by atoms with E-state index in [4.69, 9.17) is 0 Å². The quantitative estimate of drug-likeness (QED) is 0.303. The van der Waals surface area contributed by atoms with E-state index in [9.17, 15) is 4.79 Å². The highest BCUT2D eigenvalue weighted by molar-refractivity contribution is 7.09. The van der Waals surface area contributed by atoms with Crippen LogP contribution >= 0.6 is 11.3 Å². The van der Waals surface area contributed by atoms with Crippen molar-refractivity contribution in [3.63, 3.8) is 0 Å². The molecule has 6 nitrogen and oxygen atoms in total. The number of carbonyl (C=O) groups excluding carboxylic acids is 1. The molecule has 1 aromatic rings. The molecule has 1 N–H and O–H groups in total. The van der Waals surface area contributed by atoms with Crippen LogP contribution in [0.3, 0.4) is 0 Å². The van der Waals surface area contributed by atoms with Crippen LogP contribution in [0.2, 0.25) is 0 Å². The normalized spacial score (nSPS) is 11.4. The number of esters is 1. The maximum atomic E-state index is 11.0. The molecule has 0 spiro atoms. The molecule has 7 heteroatoms. The van der Waals surface area contributed by atoms with Gasteiger partial charge < -0.3 is 15.0 Å². The monoisotopic (exact) mass is 354 g/mol. The molecule has 0 unspecified atom stereocenters. The maximum Gasteiger partial charge on any atom is 0.305 e. The van der Waals surface area contributed by atoms with Crippen molar-refractivity contribution in [2.24, 2.45) is 4.99 Å². The summed E-state index contributed by atoms with van der Waals surface area (Å²) < 4.78 is 4.63. The van der Waals surface area contributed by atoms with Gasteiger partial charge in [0.15, 0.2) is 5.96 Å². The van der Waals surface area contributed by atoms with E-state index in [0.717, 1.165) is 62.0 Å². The van der Waals surface area contributed by atoms with Gasteiger partial charge in [-0.15, -0.1) is 11.3 Å². The molecule has 136 valence electrons. The third-order valence-electron chi connectivity index (χ3n) is 3.54. The number of aromatic nitrogens is 1. The number of carbonyl (C=O) groups is 1. The molecule has 24 heavy (non-hydrogen) atoms. The largest absolute Gasteiger partial charge is 0.469 e. The lowest BCUT2D eigenvalue weighted by molar-refractivity contribution is -0.140. The number of aliphatic imine (C=N–C) groups is 1. The van der Waals surface area contributed by atoms with Gasteiger partial charge in [0.05, 0.1) is 24.4 Å². The van der Waals surface area contributed by atoms with E-state index in [0.29, 0.717) is 6.42 Å². The van der Waals surface area contributed by atoms with Gasteiger partial charge in [-0.25, -0.2) is 4.98 Å². The van der Waals surface area contributed by atoms with Crippen LogP contribution < -0.4 is 5.32 Å². The Bertz CT molecular complexity index is 516. The number of hydrogen-bond acceptors (Lipinski definition) is 5. The molecule has 1 rings (SSSR count). The minimum absolute atomic E-state index is 0.124. The Hall–Kier alpha value is -1.63. The van der Waals surface area contributed by atoms with Gasteiger partial charge in [-0.2, -0.15) is 0 Å². The zero-order chi connectivity index (χ0) is 17.8. The predicted molar refractivity (Wildman–Crippen MR) is 99.4 cm³/mol. The number of aryl methyl sites for hydroxylation is 1. The first-order valence-electron chi connectivity index (χ1n) is 8.54. The van der Waals surface area contributed by atoms with E-state index in [-0.39, 0.29) is 5.97 Å². The zero-order valence-electron chi connectivity index (χ0n) is 15.3. The molecule has 0 aliphatic carbocycles. The molecule has 0 bridgehead atoms. The Morgan fingerprint density at radius 1 is 1.38 bits per heavy atom. The van der Waals surface area contributed by atoms with E-state index >= 15 is 0 Å². The van der Waals surface area contributed by atoms with Crippen LogP contribution in [-0.2, 0) is 16.1 Å². The van der Waals surface area contributed by atoms with Crippen molar-refractivity contribution < 1.29 is 9.53 Å². The average Bonchev–Trinajstić information content (AvgIpc) is 2.97. The minimum Gasteiger partial charge on any atom is -0.469 e. The van der Waals surface area contributed by atoms with Crippen molar-refractivity contribution in [3.05, 3.63) is 16.1 Å². The van der Waals surface area contributed by atoms with Crippen LogP contribution in [0.15, 0.2) is 10.4 Å². The summed E-state index contributed by atoms with van der Waals surface area (Å²) in [6.07, 6.45) is 4.54. The summed E-state index contributed by atoms with van der Waals surface area (Å²) in [4.78, 5) is 22.3. The molecular formula is C17H30N4O2S. The summed E-state index contributed by atoms with van der Waals surface area (Å²) in [6, 6.07) is 0. The van der Waals surface area contributed by atoms with Crippen LogP contribution in [0.1, 0.15) is 49.7 Å². The summed E-state index contributed by atoms with van der Waals surface area (Å²) in [5, 5.41) is 6.51. The van der Waals surface area contributed by atoms with Crippen LogP contribution in [0.25, 0.3) is 0 Å². The Balaban J connectivity index is 2.32. The van der Waals surface area contributed by atoms with Gasteiger partial charge >= 0.3 is 5.97 Å². The highest BCUT2D eigenvalue weighted by Gasteiger charge is 2.08. The molecule has 0 atom stereocenters. The zero-order valence-corrected chi connectivity index (χ0v) is 16.1. The molecule has 0 fully saturated rings. The van der Waals surface area contributed by atoms with E-state index in [1.807, 2.05) is 14.0 Å². The van der Waals surface area contributed by atoms with Gasteiger partial charge in [0.1, 0.15) is 0 Å². The number of nitrogens with one attached hydrogen (secondary N) is 1. The van der Waals surface area contributed by atoms with Crippen LogP contribution in [0.4, 0.5) is 0 Å². The summed E-state index contributed by atoms with van der Waals surface area (Å²) >= 11 is 1.67. The molecule has 0 saturated heterocycles. The van der Waals surface area contributed by atoms with Gasteiger partial charge in [0.2, 0.25) is 0 Å². The SMILES string of the molecule is CCNC(=NCCCCCCC(=O)OC)N(C)Cc1csc(C)n1. The molecule has 1 heterocycles. The lowest BCUT2D eigenvalue weighted by Crippen LogP contribution is -2.38. The first kappa shape index (κ1) is 20.4. The van der Waals surface area contributed by atoms with Crippen molar-refractivity contribution in [1.82, 2.24) is 15.2 Å². The topological polar surface area (TPSA) is 66.8 Å². The van der Waals surface area contributed by atoms with E-state index in [2.05, 4.69) is 37.2 Å². The predicted octanol–water partition coefficient (Wildman–Crippen LogP) is 2.97. The summed E-state index contributed by atoms with van der Waals surface area (Å²) in [5.74, 6) is 0.791. The second kappa shape index (κ2) is 11.8. The smallest absolute Gasteiger partial charge is 0.305 e. The van der Waals surface area contributed by atoms with Gasteiger partial charge in [-0.05, 0) is 26.7 Å². The van der Waals surface area contributed by atoms with E-state index < -0.39 is 0 Å². The minimum atomic E-state index is -0.124. The van der Waals surface area contributed by atoms with Gasteiger partial charge in [-0.1, -0.05) is 12.8 Å². The fourth-order valence-corrected chi connectivity index (χ4v) is 2.89. The van der Waals surface area contributed by atoms with Gasteiger partial charge in [-0.3, -0.25) is 9.79 Å². The number of guanidine groups is 1. The number of ether oxygens (including phenoxy) is 1. The number of methoxy groups -OCH3 is 1. The first-order valence-corrected chi connectivity index (χ1v) is 9.42. The molecule has 0 amide bonds. The van der Waals surface area contributed by atoms with Crippen molar-refractivity contribution in [2.75, 3.05) is 27.2 Å². The Kier molecular flexibility index (Phi) is 10.1. The number of unbranched alkanes of at least 4 members (excludes halogenated alkanes) is 3. The second-order valence-corrected chi connectivity index (χ2v) is 6.75. The van der Waals surface area contributed by atoms with Crippen molar-refractivity contribution >= 4 is 23.3 Å². The number of rotatable bonds is 10. The molecule has 0 aromatic carbocycles. The van der Waals surface area contributed by atoms with Gasteiger partial charge in [0.25, 0.3) is 0 Å². The fourth-order valence-electron chi connectivity index (χ4n) is 2.29. The van der Waals surface area contributed by atoms with Crippen LogP contribution in [0, 0.1) is 6.92 Å². The molecule has 0 aliphatic rings. The van der Waals surface area contributed by atoms with Crippen molar-refractivity contribution in [2.45, 2.75) is 52.5 Å². The van der Waals surface area contributed by atoms with Crippen molar-refractivity contribution in [3.8, 4) is 0 Å². The standard InChI is InChI=1S/C17H30N4O2S/c1-5-18-17(21(3)12-15-13-24-14(2)20-15)19-11-9-7-6-8-10-16(22)23-4/h13H,5-12H2,1-4H3,(H,18,19). The Morgan fingerprint density at radius 2 is 2.12 bits per heavy atom. The highest BCUT2D eigenvalue weighted by atomic mass is 32.1. The molecule has 0 aliphatic heterocycles. The van der Waals surface area contributed by atoms with Crippen LogP contribution in [-0.4, -0.2) is 49.1 Å². The van der Waals surface area contributed by atoms with E-state index in [1.54, 1.807) is 11.3 Å². The number of nitrogens with zero attached hydrogens (tertiary/aromatic N) is 3. The average molecular weight is 355 g/mol. The summed E-state index contributed by atoms with van der Waals surface area (Å²) in [5.41, 5.74) is 1.08. The molecular weight excluding hydrogens is 324 g/mol. The van der Waals surface area contributed by atoms with Gasteiger partial charge in [0, 0.05) is 31.9 Å². The fraction of sp³-hybridized carbons (Fsp3) is 0.706. The third kappa shape index (κ3) is 8.29. The molecule has 0 radical (unpaired) electrons. The summed E-state index contributed by atoms with van der Waals surface area (Å²) in [7, 11) is 3.47. The highest BCUT2D eigenvalue weighted by Crippen LogP contribution is 2.10. The second-order valence-electron chi connectivity index (χ2n) is 5.69. The number of hydrogen-bond donors (Lipinski definition) is 1. The summed E-state index contributed by atoms with van der Waals surface area (Å²) in [6.45, 7) is 6.49. The Labute approximate surface area is 149 Å².